The van der Waals surface area contributed by atoms with Crippen LogP contribution in [0.2, 0.25) is 0 Å². The normalized spacial score (nSPS) is 15.7. The molecule has 0 heterocycles. The first-order valence-corrected chi connectivity index (χ1v) is 11.3. The first-order valence-electron chi connectivity index (χ1n) is 11.3. The first-order chi connectivity index (χ1) is 13.7. The quantitative estimate of drug-likeness (QED) is 0.399. The van der Waals surface area contributed by atoms with Crippen LogP contribution in [0, 0.1) is 0 Å². The van der Waals surface area contributed by atoms with Crippen LogP contribution < -0.4 is 10.6 Å². The van der Waals surface area contributed by atoms with Crippen molar-refractivity contribution in [2.24, 2.45) is 0 Å². The van der Waals surface area contributed by atoms with Gasteiger partial charge in [0.2, 0.25) is 0 Å². The zero-order chi connectivity index (χ0) is 20.2. The molecule has 0 fully saturated rings. The molecular formula is C26H40N2. The monoisotopic (exact) mass is 380 g/mol. The summed E-state index contributed by atoms with van der Waals surface area (Å²) in [7, 11) is 0. The van der Waals surface area contributed by atoms with Gasteiger partial charge in [0.1, 0.15) is 0 Å². The van der Waals surface area contributed by atoms with Gasteiger partial charge in [0.15, 0.2) is 0 Å². The molecule has 0 saturated heterocycles. The fraction of sp³-hybridized carbons (Fsp3) is 0.538. The molecule has 154 valence electrons. The Balaban J connectivity index is 2.13. The Hall–Kier alpha value is -1.64. The van der Waals surface area contributed by atoms with Crippen LogP contribution in [-0.2, 0) is 0 Å². The Kier molecular flexibility index (Phi) is 10.3. The number of nitrogens with one attached hydrogen (secondary N) is 2. The molecular weight excluding hydrogens is 340 g/mol. The van der Waals surface area contributed by atoms with Gasteiger partial charge in [-0.25, -0.2) is 0 Å². The number of hydrogen-bond acceptors (Lipinski definition) is 2. The van der Waals surface area contributed by atoms with E-state index >= 15 is 0 Å². The lowest BCUT2D eigenvalue weighted by atomic mass is 9.94. The third-order valence-electron chi connectivity index (χ3n) is 5.75. The first kappa shape index (κ1) is 22.6. The lowest BCUT2D eigenvalue weighted by Crippen LogP contribution is -2.49. The van der Waals surface area contributed by atoms with Gasteiger partial charge in [0.25, 0.3) is 0 Å². The molecule has 0 saturated carbocycles. The van der Waals surface area contributed by atoms with Crippen molar-refractivity contribution in [3.05, 3.63) is 71.8 Å². The lowest BCUT2D eigenvalue weighted by molar-refractivity contribution is 0.287. The molecule has 2 N–H and O–H groups in total. The van der Waals surface area contributed by atoms with E-state index in [2.05, 4.69) is 99.0 Å². The summed E-state index contributed by atoms with van der Waals surface area (Å²) in [6, 6.07) is 23.4. The van der Waals surface area contributed by atoms with Crippen molar-refractivity contribution in [2.45, 2.75) is 90.4 Å². The Morgan fingerprint density at radius 2 is 0.964 bits per heavy atom. The number of hydrogen-bond donors (Lipinski definition) is 2. The summed E-state index contributed by atoms with van der Waals surface area (Å²) < 4.78 is 0. The number of rotatable bonds is 13. The zero-order valence-electron chi connectivity index (χ0n) is 18.3. The van der Waals surface area contributed by atoms with Crippen LogP contribution in [0.25, 0.3) is 0 Å². The van der Waals surface area contributed by atoms with E-state index < -0.39 is 0 Å². The van der Waals surface area contributed by atoms with Gasteiger partial charge in [-0.05, 0) is 37.8 Å². The van der Waals surface area contributed by atoms with Crippen LogP contribution in [0.15, 0.2) is 60.7 Å². The highest BCUT2D eigenvalue weighted by molar-refractivity contribution is 5.19. The second-order valence-corrected chi connectivity index (χ2v) is 8.10. The summed E-state index contributed by atoms with van der Waals surface area (Å²) >= 11 is 0. The highest BCUT2D eigenvalue weighted by Gasteiger charge is 2.24. The van der Waals surface area contributed by atoms with Crippen molar-refractivity contribution in [1.29, 1.82) is 0 Å². The molecule has 4 atom stereocenters. The minimum atomic E-state index is 0.362. The molecule has 2 heteroatoms. The van der Waals surface area contributed by atoms with Gasteiger partial charge in [0, 0.05) is 24.2 Å². The summed E-state index contributed by atoms with van der Waals surface area (Å²) in [6.07, 6.45) is 7.46. The van der Waals surface area contributed by atoms with Gasteiger partial charge in [-0.1, -0.05) is 100 Å². The maximum atomic E-state index is 3.97. The predicted molar refractivity (Wildman–Crippen MR) is 123 cm³/mol. The van der Waals surface area contributed by atoms with Crippen molar-refractivity contribution in [3.8, 4) is 0 Å². The van der Waals surface area contributed by atoms with E-state index in [4.69, 9.17) is 0 Å². The van der Waals surface area contributed by atoms with Crippen LogP contribution in [0.5, 0.6) is 0 Å². The molecule has 0 spiro atoms. The minimum Gasteiger partial charge on any atom is -0.306 e. The maximum absolute atomic E-state index is 3.97. The molecule has 0 aliphatic heterocycles. The van der Waals surface area contributed by atoms with Gasteiger partial charge in [0.05, 0.1) is 0 Å². The topological polar surface area (TPSA) is 24.1 Å². The summed E-state index contributed by atoms with van der Waals surface area (Å²) in [6.45, 7) is 9.18. The molecule has 0 radical (unpaired) electrons. The van der Waals surface area contributed by atoms with E-state index in [0.29, 0.717) is 24.2 Å². The Bertz CT molecular complexity index is 568. The van der Waals surface area contributed by atoms with Crippen molar-refractivity contribution in [1.82, 2.24) is 10.6 Å². The molecule has 2 rings (SSSR count). The van der Waals surface area contributed by atoms with E-state index in [1.807, 2.05) is 0 Å². The SMILES string of the molecule is CCCC[C@@H](N[C@@H](C)c1ccccc1)[C@@H](CCCC)N[C@@H](C)c1ccccc1. The highest BCUT2D eigenvalue weighted by atomic mass is 15.1. The van der Waals surface area contributed by atoms with Crippen molar-refractivity contribution in [2.75, 3.05) is 0 Å². The fourth-order valence-corrected chi connectivity index (χ4v) is 3.97. The Morgan fingerprint density at radius 1 is 0.607 bits per heavy atom. The second kappa shape index (κ2) is 12.7. The van der Waals surface area contributed by atoms with Gasteiger partial charge < -0.3 is 10.6 Å². The standard InChI is InChI=1S/C26H40N2/c1-5-7-19-25(27-21(3)23-15-11-9-12-16-23)26(20-8-6-2)28-22(4)24-17-13-10-14-18-24/h9-18,21-22,25-28H,5-8,19-20H2,1-4H3/t21-,22-,25+,26+/m0/s1. The number of unbranched alkanes of at least 4 members (excludes halogenated alkanes) is 2. The second-order valence-electron chi connectivity index (χ2n) is 8.10. The molecule has 28 heavy (non-hydrogen) atoms. The fourth-order valence-electron chi connectivity index (χ4n) is 3.97. The van der Waals surface area contributed by atoms with Crippen molar-refractivity contribution >= 4 is 0 Å². The maximum Gasteiger partial charge on any atom is 0.0295 e. The van der Waals surface area contributed by atoms with Gasteiger partial charge in [-0.3, -0.25) is 0 Å². The van der Waals surface area contributed by atoms with Gasteiger partial charge in [-0.2, -0.15) is 0 Å². The third-order valence-corrected chi connectivity index (χ3v) is 5.75. The molecule has 0 aliphatic carbocycles. The zero-order valence-corrected chi connectivity index (χ0v) is 18.3. The molecule has 0 unspecified atom stereocenters. The molecule has 2 nitrogen and oxygen atoms in total. The Labute approximate surface area is 173 Å². The molecule has 0 bridgehead atoms. The largest absolute Gasteiger partial charge is 0.306 e. The lowest BCUT2D eigenvalue weighted by Gasteiger charge is -2.34. The molecule has 2 aromatic carbocycles. The van der Waals surface area contributed by atoms with Crippen LogP contribution in [0.4, 0.5) is 0 Å². The van der Waals surface area contributed by atoms with Gasteiger partial charge in [-0.15, -0.1) is 0 Å². The van der Waals surface area contributed by atoms with E-state index in [1.165, 1.54) is 49.7 Å². The predicted octanol–water partition coefficient (Wildman–Crippen LogP) is 6.81. The Morgan fingerprint density at radius 3 is 1.29 bits per heavy atom. The molecule has 0 aromatic heterocycles. The molecule has 0 aliphatic rings. The highest BCUT2D eigenvalue weighted by Crippen LogP contribution is 2.21. The molecule has 2 aromatic rings. The summed E-state index contributed by atoms with van der Waals surface area (Å²) in [4.78, 5) is 0. The summed E-state index contributed by atoms with van der Waals surface area (Å²) in [5, 5.41) is 7.94. The number of benzene rings is 2. The summed E-state index contributed by atoms with van der Waals surface area (Å²) in [5.74, 6) is 0. The van der Waals surface area contributed by atoms with Crippen molar-refractivity contribution < 1.29 is 0 Å². The van der Waals surface area contributed by atoms with Crippen LogP contribution >= 0.6 is 0 Å². The van der Waals surface area contributed by atoms with E-state index in [1.54, 1.807) is 0 Å². The van der Waals surface area contributed by atoms with E-state index in [-0.39, 0.29) is 0 Å². The summed E-state index contributed by atoms with van der Waals surface area (Å²) in [5.41, 5.74) is 2.74. The average Bonchev–Trinajstić information content (AvgIpc) is 2.75. The van der Waals surface area contributed by atoms with Crippen LogP contribution in [0.1, 0.15) is 89.4 Å². The van der Waals surface area contributed by atoms with Gasteiger partial charge >= 0.3 is 0 Å². The van der Waals surface area contributed by atoms with E-state index in [9.17, 15) is 0 Å². The average molecular weight is 381 g/mol. The molecule has 0 amide bonds. The minimum absolute atomic E-state index is 0.362. The van der Waals surface area contributed by atoms with Crippen LogP contribution in [-0.4, -0.2) is 12.1 Å². The smallest absolute Gasteiger partial charge is 0.0295 e. The van der Waals surface area contributed by atoms with E-state index in [0.717, 1.165) is 0 Å². The van der Waals surface area contributed by atoms with Crippen LogP contribution in [0.3, 0.4) is 0 Å². The third kappa shape index (κ3) is 7.41. The van der Waals surface area contributed by atoms with Crippen molar-refractivity contribution in [3.63, 3.8) is 0 Å².